The lowest BCUT2D eigenvalue weighted by molar-refractivity contribution is 0.0395. The highest BCUT2D eigenvalue weighted by molar-refractivity contribution is 5.87. The molecule has 100 valence electrons. The van der Waals surface area contributed by atoms with Crippen LogP contribution in [0, 0.1) is 0 Å². The van der Waals surface area contributed by atoms with Gasteiger partial charge in [0.2, 0.25) is 0 Å². The molecule has 0 fully saturated rings. The smallest absolute Gasteiger partial charge is 0.335 e. The fourth-order valence-electron chi connectivity index (χ4n) is 1.62. The lowest BCUT2D eigenvalue weighted by Crippen LogP contribution is -2.14. The maximum Gasteiger partial charge on any atom is 0.335 e. The summed E-state index contributed by atoms with van der Waals surface area (Å²) in [5, 5.41) is 8.83. The van der Waals surface area contributed by atoms with Crippen LogP contribution in [0.2, 0.25) is 0 Å². The molecule has 4 nitrogen and oxygen atoms in total. The van der Waals surface area contributed by atoms with Crippen LogP contribution in [0.5, 0.6) is 5.75 Å². The van der Waals surface area contributed by atoms with Crippen LogP contribution in [0.1, 0.15) is 37.0 Å². The van der Waals surface area contributed by atoms with E-state index < -0.39 is 5.97 Å². The molecule has 0 saturated heterocycles. The van der Waals surface area contributed by atoms with E-state index in [-0.39, 0.29) is 11.7 Å². The predicted octanol–water partition coefficient (Wildman–Crippen LogP) is 2.97. The Labute approximate surface area is 108 Å². The van der Waals surface area contributed by atoms with Gasteiger partial charge in [0.1, 0.15) is 12.4 Å². The molecular formula is C14H20O4. The third-order valence-corrected chi connectivity index (χ3v) is 2.53. The Hall–Kier alpha value is -1.55. The van der Waals surface area contributed by atoms with Gasteiger partial charge in [-0.15, -0.1) is 0 Å². The lowest BCUT2D eigenvalue weighted by Gasteiger charge is -2.12. The lowest BCUT2D eigenvalue weighted by atomic mass is 10.2. The van der Waals surface area contributed by atoms with Crippen molar-refractivity contribution in [3.05, 3.63) is 29.8 Å². The quantitative estimate of drug-likeness (QED) is 0.723. The third kappa shape index (κ3) is 5.19. The van der Waals surface area contributed by atoms with E-state index in [0.29, 0.717) is 19.0 Å². The number of carboxylic acid groups (broad SMARTS) is 1. The molecule has 0 aliphatic heterocycles. The van der Waals surface area contributed by atoms with Gasteiger partial charge in [0.05, 0.1) is 18.3 Å². The van der Waals surface area contributed by atoms with E-state index in [9.17, 15) is 4.79 Å². The second-order valence-electron chi connectivity index (χ2n) is 4.15. The van der Waals surface area contributed by atoms with Crippen LogP contribution in [0.4, 0.5) is 0 Å². The van der Waals surface area contributed by atoms with Crippen molar-refractivity contribution < 1.29 is 19.4 Å². The van der Waals surface area contributed by atoms with Crippen molar-refractivity contribution in [2.45, 2.75) is 32.8 Å². The van der Waals surface area contributed by atoms with Crippen LogP contribution in [0.25, 0.3) is 0 Å². The summed E-state index contributed by atoms with van der Waals surface area (Å²) in [5.74, 6) is -0.394. The molecule has 0 amide bonds. The fourth-order valence-corrected chi connectivity index (χ4v) is 1.62. The van der Waals surface area contributed by atoms with Crippen molar-refractivity contribution in [3.63, 3.8) is 0 Å². The molecule has 1 N–H and O–H groups in total. The molecule has 0 aliphatic rings. The van der Waals surface area contributed by atoms with E-state index in [1.165, 1.54) is 12.1 Å². The van der Waals surface area contributed by atoms with Crippen LogP contribution >= 0.6 is 0 Å². The van der Waals surface area contributed by atoms with Gasteiger partial charge in [-0.3, -0.25) is 0 Å². The van der Waals surface area contributed by atoms with Gasteiger partial charge in [0.25, 0.3) is 0 Å². The van der Waals surface area contributed by atoms with E-state index in [1.807, 2.05) is 6.92 Å². The first kappa shape index (κ1) is 14.5. The summed E-state index contributed by atoms with van der Waals surface area (Å²) in [4.78, 5) is 10.8. The predicted molar refractivity (Wildman–Crippen MR) is 69.2 cm³/mol. The summed E-state index contributed by atoms with van der Waals surface area (Å²) in [6.07, 6.45) is 2.38. The number of carboxylic acids is 1. The molecule has 0 aliphatic carbocycles. The molecule has 1 rings (SSSR count). The Balaban J connectivity index is 2.31. The number of carbonyl (C=O) groups is 1. The third-order valence-electron chi connectivity index (χ3n) is 2.53. The van der Waals surface area contributed by atoms with Crippen molar-refractivity contribution in [1.82, 2.24) is 0 Å². The van der Waals surface area contributed by atoms with E-state index in [4.69, 9.17) is 14.6 Å². The van der Waals surface area contributed by atoms with Crippen LogP contribution in [-0.2, 0) is 4.74 Å². The van der Waals surface area contributed by atoms with Gasteiger partial charge in [-0.25, -0.2) is 4.79 Å². The summed E-state index contributed by atoms with van der Waals surface area (Å²) in [6.45, 7) is 5.10. The Morgan fingerprint density at radius 1 is 1.39 bits per heavy atom. The molecular weight excluding hydrogens is 232 g/mol. The number of aromatic carboxylic acids is 1. The van der Waals surface area contributed by atoms with Crippen molar-refractivity contribution in [3.8, 4) is 5.75 Å². The molecule has 1 aromatic carbocycles. The van der Waals surface area contributed by atoms with Gasteiger partial charge in [0.15, 0.2) is 0 Å². The van der Waals surface area contributed by atoms with Gasteiger partial charge < -0.3 is 14.6 Å². The van der Waals surface area contributed by atoms with Gasteiger partial charge in [0, 0.05) is 0 Å². The second kappa shape index (κ2) is 7.71. The van der Waals surface area contributed by atoms with Crippen molar-refractivity contribution >= 4 is 5.97 Å². The normalized spacial score (nSPS) is 12.1. The summed E-state index contributed by atoms with van der Waals surface area (Å²) in [6, 6.07) is 6.45. The monoisotopic (exact) mass is 252 g/mol. The molecule has 1 aromatic rings. The first-order valence-electron chi connectivity index (χ1n) is 6.21. The Bertz CT molecular complexity index is 376. The van der Waals surface area contributed by atoms with E-state index >= 15 is 0 Å². The molecule has 0 heterocycles. The largest absolute Gasteiger partial charge is 0.491 e. The highest BCUT2D eigenvalue weighted by Crippen LogP contribution is 2.13. The molecule has 18 heavy (non-hydrogen) atoms. The molecule has 0 aromatic heterocycles. The van der Waals surface area contributed by atoms with Crippen molar-refractivity contribution in [2.24, 2.45) is 0 Å². The van der Waals surface area contributed by atoms with E-state index in [1.54, 1.807) is 12.1 Å². The van der Waals surface area contributed by atoms with E-state index in [0.717, 1.165) is 12.8 Å². The fraction of sp³-hybridized carbons (Fsp3) is 0.500. The highest BCUT2D eigenvalue weighted by Gasteiger charge is 2.04. The number of rotatable bonds is 8. The first-order valence-corrected chi connectivity index (χ1v) is 6.21. The topological polar surface area (TPSA) is 55.8 Å². The summed E-state index contributed by atoms with van der Waals surface area (Å²) < 4.78 is 11.0. The SMILES string of the molecule is CCCC(C)OCCOc1cccc(C(=O)O)c1. The highest BCUT2D eigenvalue weighted by atomic mass is 16.5. The maximum atomic E-state index is 10.8. The number of ether oxygens (including phenoxy) is 2. The summed E-state index contributed by atoms with van der Waals surface area (Å²) in [7, 11) is 0. The van der Waals surface area contributed by atoms with Crippen molar-refractivity contribution in [1.29, 1.82) is 0 Å². The van der Waals surface area contributed by atoms with Gasteiger partial charge in [-0.1, -0.05) is 19.4 Å². The molecule has 0 spiro atoms. The van der Waals surface area contributed by atoms with E-state index in [2.05, 4.69) is 6.92 Å². The number of hydrogen-bond acceptors (Lipinski definition) is 3. The standard InChI is InChI=1S/C14H20O4/c1-3-5-11(2)17-8-9-18-13-7-4-6-12(10-13)14(15)16/h4,6-7,10-11H,3,5,8-9H2,1-2H3,(H,15,16). The summed E-state index contributed by atoms with van der Waals surface area (Å²) in [5.41, 5.74) is 0.229. The molecule has 0 saturated carbocycles. The van der Waals surface area contributed by atoms with Crippen LogP contribution in [0.15, 0.2) is 24.3 Å². The summed E-state index contributed by atoms with van der Waals surface area (Å²) >= 11 is 0. The average molecular weight is 252 g/mol. The number of hydrogen-bond donors (Lipinski definition) is 1. The number of benzene rings is 1. The van der Waals surface area contributed by atoms with Crippen LogP contribution in [0.3, 0.4) is 0 Å². The van der Waals surface area contributed by atoms with Gasteiger partial charge >= 0.3 is 5.97 Å². The van der Waals surface area contributed by atoms with Gasteiger partial charge in [-0.2, -0.15) is 0 Å². The molecule has 4 heteroatoms. The van der Waals surface area contributed by atoms with Crippen LogP contribution in [-0.4, -0.2) is 30.4 Å². The molecule has 1 atom stereocenters. The minimum atomic E-state index is -0.951. The minimum Gasteiger partial charge on any atom is -0.491 e. The van der Waals surface area contributed by atoms with Crippen LogP contribution < -0.4 is 4.74 Å². The second-order valence-corrected chi connectivity index (χ2v) is 4.15. The Kier molecular flexibility index (Phi) is 6.22. The molecule has 0 bridgehead atoms. The maximum absolute atomic E-state index is 10.8. The van der Waals surface area contributed by atoms with Gasteiger partial charge in [-0.05, 0) is 31.5 Å². The van der Waals surface area contributed by atoms with Crippen molar-refractivity contribution in [2.75, 3.05) is 13.2 Å². The molecule has 1 unspecified atom stereocenters. The Morgan fingerprint density at radius 3 is 2.83 bits per heavy atom. The minimum absolute atomic E-state index is 0.229. The zero-order valence-electron chi connectivity index (χ0n) is 10.9. The zero-order valence-corrected chi connectivity index (χ0v) is 10.9. The molecule has 0 radical (unpaired) electrons. The Morgan fingerprint density at radius 2 is 2.17 bits per heavy atom. The average Bonchev–Trinajstić information content (AvgIpc) is 2.35. The zero-order chi connectivity index (χ0) is 13.4. The first-order chi connectivity index (χ1) is 8.63.